The number of piperidine rings is 1. The van der Waals surface area contributed by atoms with Crippen molar-refractivity contribution >= 4 is 29.2 Å². The van der Waals surface area contributed by atoms with Crippen LogP contribution in [0.4, 0.5) is 10.5 Å². The predicted molar refractivity (Wildman–Crippen MR) is 88.2 cm³/mol. The van der Waals surface area contributed by atoms with Crippen LogP contribution in [-0.2, 0) is 4.79 Å². The van der Waals surface area contributed by atoms with Gasteiger partial charge in [-0.05, 0) is 31.0 Å². The van der Waals surface area contributed by atoms with Crippen molar-refractivity contribution in [1.82, 2.24) is 9.80 Å². The monoisotopic (exact) mass is 334 g/mol. The van der Waals surface area contributed by atoms with Crippen LogP contribution in [0.2, 0.25) is 5.02 Å². The zero-order valence-electron chi connectivity index (χ0n) is 13.2. The molecule has 122 valence electrons. The minimum Gasteiger partial charge on any atom is -0.331 e. The number of carbonyl (C=O) groups excluding carboxylic acids is 2. The molecular formula is C16H19ClN4O2. The zero-order valence-corrected chi connectivity index (χ0v) is 13.9. The number of anilines is 1. The third-order valence-electron chi connectivity index (χ3n) is 3.80. The second-order valence-electron chi connectivity index (χ2n) is 5.76. The van der Waals surface area contributed by atoms with Crippen LogP contribution in [-0.4, -0.2) is 48.9 Å². The molecule has 1 aliphatic rings. The molecule has 0 aliphatic carbocycles. The standard InChI is InChI=1S/C16H19ClN4O2/c1-20(2)16(23)21-7-3-4-12(10-21)15(22)19-13-6-5-11(9-18)14(17)8-13/h5-6,8,12H,3-4,7,10H2,1-2H3,(H,19,22)/t12-/m0/s1. The van der Waals surface area contributed by atoms with Gasteiger partial charge in [0.05, 0.1) is 16.5 Å². The molecule has 23 heavy (non-hydrogen) atoms. The van der Waals surface area contributed by atoms with Gasteiger partial charge in [-0.25, -0.2) is 4.79 Å². The first-order valence-corrected chi connectivity index (χ1v) is 7.77. The number of halogens is 1. The highest BCUT2D eigenvalue weighted by Crippen LogP contribution is 2.23. The molecule has 6 nitrogen and oxygen atoms in total. The van der Waals surface area contributed by atoms with Gasteiger partial charge in [-0.2, -0.15) is 5.26 Å². The van der Waals surface area contributed by atoms with E-state index in [1.807, 2.05) is 6.07 Å². The van der Waals surface area contributed by atoms with E-state index in [2.05, 4.69) is 5.32 Å². The number of likely N-dealkylation sites (tertiary alicyclic amines) is 1. The second-order valence-corrected chi connectivity index (χ2v) is 6.17. The zero-order chi connectivity index (χ0) is 17.0. The lowest BCUT2D eigenvalue weighted by Gasteiger charge is -2.33. The summed E-state index contributed by atoms with van der Waals surface area (Å²) in [5.74, 6) is -0.385. The van der Waals surface area contributed by atoms with Gasteiger partial charge < -0.3 is 15.1 Å². The molecule has 1 heterocycles. The molecule has 1 N–H and O–H groups in total. The molecule has 1 aliphatic heterocycles. The third-order valence-corrected chi connectivity index (χ3v) is 4.12. The Bertz CT molecular complexity index is 654. The number of benzene rings is 1. The molecule has 0 aromatic heterocycles. The Morgan fingerprint density at radius 2 is 2.17 bits per heavy atom. The quantitative estimate of drug-likeness (QED) is 0.903. The van der Waals surface area contributed by atoms with Gasteiger partial charge in [-0.3, -0.25) is 4.79 Å². The van der Waals surface area contributed by atoms with Crippen LogP contribution in [0, 0.1) is 17.2 Å². The molecule has 0 radical (unpaired) electrons. The number of nitrogens with zero attached hydrogens (tertiary/aromatic N) is 3. The summed E-state index contributed by atoms with van der Waals surface area (Å²) in [5.41, 5.74) is 0.917. The molecule has 1 atom stereocenters. The van der Waals surface area contributed by atoms with Crippen LogP contribution in [0.1, 0.15) is 18.4 Å². The number of nitriles is 1. The van der Waals surface area contributed by atoms with E-state index < -0.39 is 0 Å². The molecule has 7 heteroatoms. The summed E-state index contributed by atoms with van der Waals surface area (Å²) >= 11 is 5.97. The number of urea groups is 1. The molecule has 1 aromatic carbocycles. The molecule has 0 unspecified atom stereocenters. The molecule has 2 rings (SSSR count). The van der Waals surface area contributed by atoms with Crippen molar-refractivity contribution in [3.63, 3.8) is 0 Å². The fourth-order valence-electron chi connectivity index (χ4n) is 2.58. The summed E-state index contributed by atoms with van der Waals surface area (Å²) in [4.78, 5) is 27.6. The Morgan fingerprint density at radius 3 is 2.78 bits per heavy atom. The van der Waals surface area contributed by atoms with Crippen LogP contribution in [0.25, 0.3) is 0 Å². The van der Waals surface area contributed by atoms with Crippen molar-refractivity contribution in [1.29, 1.82) is 5.26 Å². The summed E-state index contributed by atoms with van der Waals surface area (Å²) in [5, 5.41) is 12.0. The van der Waals surface area contributed by atoms with Gasteiger partial charge in [0.25, 0.3) is 0 Å². The first kappa shape index (κ1) is 17.1. The van der Waals surface area contributed by atoms with E-state index in [1.54, 1.807) is 37.2 Å². The Labute approximate surface area is 140 Å². The first-order chi connectivity index (χ1) is 10.9. The molecule has 0 bridgehead atoms. The highest BCUT2D eigenvalue weighted by Gasteiger charge is 2.29. The summed E-state index contributed by atoms with van der Waals surface area (Å²) in [7, 11) is 3.40. The van der Waals surface area contributed by atoms with Gasteiger partial charge in [0, 0.05) is 32.9 Å². The lowest BCUT2D eigenvalue weighted by atomic mass is 9.97. The SMILES string of the molecule is CN(C)C(=O)N1CCC[C@H](C(=O)Nc2ccc(C#N)c(Cl)c2)C1. The number of nitrogens with one attached hydrogen (secondary N) is 1. The number of hydrogen-bond donors (Lipinski definition) is 1. The lowest BCUT2D eigenvalue weighted by molar-refractivity contribution is -0.121. The molecule has 0 spiro atoms. The Balaban J connectivity index is 2.01. The Kier molecular flexibility index (Phi) is 5.45. The first-order valence-electron chi connectivity index (χ1n) is 7.39. The van der Waals surface area contributed by atoms with Crippen LogP contribution in [0.3, 0.4) is 0 Å². The van der Waals surface area contributed by atoms with Crippen LogP contribution < -0.4 is 5.32 Å². The van der Waals surface area contributed by atoms with E-state index in [-0.39, 0.29) is 17.9 Å². The van der Waals surface area contributed by atoms with Crippen molar-refractivity contribution in [3.8, 4) is 6.07 Å². The van der Waals surface area contributed by atoms with Gasteiger partial charge >= 0.3 is 6.03 Å². The molecule has 1 aromatic rings. The summed E-state index contributed by atoms with van der Waals surface area (Å²) < 4.78 is 0. The van der Waals surface area contributed by atoms with Crippen molar-refractivity contribution < 1.29 is 9.59 Å². The van der Waals surface area contributed by atoms with E-state index >= 15 is 0 Å². The third kappa shape index (κ3) is 4.14. The Hall–Kier alpha value is -2.26. The molecule has 1 saturated heterocycles. The largest absolute Gasteiger partial charge is 0.331 e. The van der Waals surface area contributed by atoms with E-state index in [4.69, 9.17) is 16.9 Å². The number of carbonyl (C=O) groups is 2. The lowest BCUT2D eigenvalue weighted by Crippen LogP contribution is -2.47. The number of rotatable bonds is 2. The fraction of sp³-hybridized carbons (Fsp3) is 0.438. The average molecular weight is 335 g/mol. The van der Waals surface area contributed by atoms with Crippen LogP contribution in [0.5, 0.6) is 0 Å². The average Bonchev–Trinajstić information content (AvgIpc) is 2.54. The van der Waals surface area contributed by atoms with Gasteiger partial charge in [-0.1, -0.05) is 11.6 Å². The van der Waals surface area contributed by atoms with Crippen molar-refractivity contribution in [3.05, 3.63) is 28.8 Å². The van der Waals surface area contributed by atoms with Crippen molar-refractivity contribution in [2.75, 3.05) is 32.5 Å². The maximum absolute atomic E-state index is 12.4. The van der Waals surface area contributed by atoms with E-state index in [0.717, 1.165) is 12.8 Å². The number of amides is 3. The molecule has 3 amide bonds. The minimum atomic E-state index is -0.248. The molecule has 0 saturated carbocycles. The van der Waals surface area contributed by atoms with E-state index in [1.165, 1.54) is 4.90 Å². The normalized spacial score (nSPS) is 17.3. The predicted octanol–water partition coefficient (Wildman–Crippen LogP) is 2.54. The molecular weight excluding hydrogens is 316 g/mol. The van der Waals surface area contributed by atoms with E-state index in [9.17, 15) is 9.59 Å². The maximum Gasteiger partial charge on any atom is 0.319 e. The summed E-state index contributed by atoms with van der Waals surface area (Å²) in [6.07, 6.45) is 1.54. The smallest absolute Gasteiger partial charge is 0.319 e. The second kappa shape index (κ2) is 7.34. The summed E-state index contributed by atoms with van der Waals surface area (Å²) in [6.45, 7) is 1.08. The van der Waals surface area contributed by atoms with Gasteiger partial charge in [0.1, 0.15) is 6.07 Å². The van der Waals surface area contributed by atoms with Gasteiger partial charge in [-0.15, -0.1) is 0 Å². The fourth-order valence-corrected chi connectivity index (χ4v) is 2.80. The van der Waals surface area contributed by atoms with Crippen LogP contribution in [0.15, 0.2) is 18.2 Å². The topological polar surface area (TPSA) is 76.4 Å². The van der Waals surface area contributed by atoms with Gasteiger partial charge in [0.2, 0.25) is 5.91 Å². The highest BCUT2D eigenvalue weighted by molar-refractivity contribution is 6.32. The highest BCUT2D eigenvalue weighted by atomic mass is 35.5. The van der Waals surface area contributed by atoms with E-state index in [0.29, 0.717) is 29.4 Å². The molecule has 1 fully saturated rings. The summed E-state index contributed by atoms with van der Waals surface area (Å²) in [6, 6.07) is 6.67. The number of hydrogen-bond acceptors (Lipinski definition) is 3. The maximum atomic E-state index is 12.4. The van der Waals surface area contributed by atoms with Crippen molar-refractivity contribution in [2.24, 2.45) is 5.92 Å². The van der Waals surface area contributed by atoms with Crippen molar-refractivity contribution in [2.45, 2.75) is 12.8 Å². The van der Waals surface area contributed by atoms with Crippen LogP contribution >= 0.6 is 11.6 Å². The Morgan fingerprint density at radius 1 is 1.43 bits per heavy atom. The van der Waals surface area contributed by atoms with Gasteiger partial charge in [0.15, 0.2) is 0 Å². The minimum absolute atomic E-state index is 0.0797.